The highest BCUT2D eigenvalue weighted by molar-refractivity contribution is 4.44. The zero-order valence-corrected chi connectivity index (χ0v) is 12.2. The average Bonchev–Trinajstić information content (AvgIpc) is 2.54. The smallest absolute Gasteiger partial charge is 0.100 e. The molecule has 1 unspecified atom stereocenters. The Balaban J connectivity index is -0.0000000929. The van der Waals surface area contributed by atoms with Crippen molar-refractivity contribution in [2.75, 3.05) is 46.2 Å². The SMILES string of the molecule is CC(O)CO.OCC(O)CO.OCC(O)CO.OCCO. The number of hydrogen-bond donors (Lipinski definition) is 10. The van der Waals surface area contributed by atoms with Gasteiger partial charge in [-0.15, -0.1) is 0 Å². The molecule has 0 saturated heterocycles. The summed E-state index contributed by atoms with van der Waals surface area (Å²) in [5, 5.41) is 79.3. The molecule has 0 aliphatic carbocycles. The summed E-state index contributed by atoms with van der Waals surface area (Å²) in [7, 11) is 0. The fourth-order valence-corrected chi connectivity index (χ4v) is 0.115. The molecule has 0 spiro atoms. The lowest BCUT2D eigenvalue weighted by molar-refractivity contribution is 0.0450. The molecule has 0 heterocycles. The van der Waals surface area contributed by atoms with Crippen molar-refractivity contribution in [3.05, 3.63) is 0 Å². The molecule has 0 aromatic carbocycles. The molecule has 0 aliphatic rings. The van der Waals surface area contributed by atoms with E-state index in [1.807, 2.05) is 0 Å². The van der Waals surface area contributed by atoms with E-state index >= 15 is 0 Å². The molecule has 0 amide bonds. The minimum atomic E-state index is -0.954. The van der Waals surface area contributed by atoms with Crippen molar-refractivity contribution in [2.24, 2.45) is 0 Å². The highest BCUT2D eigenvalue weighted by Gasteiger charge is 1.94. The Bertz CT molecular complexity index is 127. The molecular formula is C11H30O10. The van der Waals surface area contributed by atoms with Crippen LogP contribution < -0.4 is 0 Å². The van der Waals surface area contributed by atoms with Gasteiger partial charge in [0.05, 0.1) is 52.4 Å². The van der Waals surface area contributed by atoms with Crippen molar-refractivity contribution in [1.82, 2.24) is 0 Å². The average molecular weight is 322 g/mol. The van der Waals surface area contributed by atoms with Gasteiger partial charge in [-0.1, -0.05) is 0 Å². The van der Waals surface area contributed by atoms with Crippen LogP contribution in [-0.2, 0) is 0 Å². The third-order valence-electron chi connectivity index (χ3n) is 1.21. The van der Waals surface area contributed by atoms with Crippen LogP contribution >= 0.6 is 0 Å². The molecule has 0 rings (SSSR count). The minimum absolute atomic E-state index is 0.125. The summed E-state index contributed by atoms with van der Waals surface area (Å²) in [6, 6.07) is 0. The van der Waals surface area contributed by atoms with E-state index in [9.17, 15) is 0 Å². The van der Waals surface area contributed by atoms with Crippen LogP contribution in [0.3, 0.4) is 0 Å². The molecule has 10 heteroatoms. The van der Waals surface area contributed by atoms with E-state index in [4.69, 9.17) is 51.1 Å². The zero-order valence-electron chi connectivity index (χ0n) is 12.2. The zero-order chi connectivity index (χ0) is 17.7. The largest absolute Gasteiger partial charge is 0.394 e. The van der Waals surface area contributed by atoms with Crippen molar-refractivity contribution in [1.29, 1.82) is 0 Å². The lowest BCUT2D eigenvalue weighted by Crippen LogP contribution is -2.15. The first-order chi connectivity index (χ1) is 9.80. The van der Waals surface area contributed by atoms with E-state index in [-0.39, 0.29) is 46.2 Å². The van der Waals surface area contributed by atoms with E-state index in [2.05, 4.69) is 0 Å². The van der Waals surface area contributed by atoms with Gasteiger partial charge in [0.1, 0.15) is 12.2 Å². The number of aliphatic hydroxyl groups excluding tert-OH is 10. The van der Waals surface area contributed by atoms with Crippen molar-refractivity contribution in [3.63, 3.8) is 0 Å². The van der Waals surface area contributed by atoms with E-state index in [0.29, 0.717) is 0 Å². The van der Waals surface area contributed by atoms with E-state index in [1.165, 1.54) is 6.92 Å². The molecule has 0 aromatic heterocycles. The first-order valence-electron chi connectivity index (χ1n) is 6.11. The molecule has 0 bridgehead atoms. The van der Waals surface area contributed by atoms with Gasteiger partial charge in [-0.3, -0.25) is 0 Å². The molecule has 0 saturated carbocycles. The van der Waals surface area contributed by atoms with Gasteiger partial charge >= 0.3 is 0 Å². The molecule has 0 radical (unpaired) electrons. The van der Waals surface area contributed by atoms with Crippen LogP contribution in [0.4, 0.5) is 0 Å². The molecule has 134 valence electrons. The second-order valence-electron chi connectivity index (χ2n) is 3.52. The molecule has 21 heavy (non-hydrogen) atoms. The Labute approximate surface area is 123 Å². The maximum Gasteiger partial charge on any atom is 0.100 e. The van der Waals surface area contributed by atoms with Crippen LogP contribution in [0.2, 0.25) is 0 Å². The molecule has 0 fully saturated rings. The lowest BCUT2D eigenvalue weighted by atomic mass is 10.4. The summed E-state index contributed by atoms with van der Waals surface area (Å²) < 4.78 is 0. The quantitative estimate of drug-likeness (QED) is 0.225. The molecule has 0 aliphatic heterocycles. The molecule has 10 N–H and O–H groups in total. The Morgan fingerprint density at radius 3 is 0.714 bits per heavy atom. The summed E-state index contributed by atoms with van der Waals surface area (Å²) in [5.74, 6) is 0. The van der Waals surface area contributed by atoms with E-state index in [1.54, 1.807) is 0 Å². The van der Waals surface area contributed by atoms with Crippen molar-refractivity contribution < 1.29 is 51.1 Å². The maximum absolute atomic E-state index is 8.17. The van der Waals surface area contributed by atoms with Gasteiger partial charge in [-0.05, 0) is 6.92 Å². The molecular weight excluding hydrogens is 292 g/mol. The predicted octanol–water partition coefficient (Wildman–Crippen LogP) is -5.01. The summed E-state index contributed by atoms with van der Waals surface area (Å²) in [4.78, 5) is 0. The highest BCUT2D eigenvalue weighted by atomic mass is 16.4. The Hall–Kier alpha value is -0.400. The lowest BCUT2D eigenvalue weighted by Gasteiger charge is -1.96. The van der Waals surface area contributed by atoms with Crippen molar-refractivity contribution >= 4 is 0 Å². The number of aliphatic hydroxyl groups is 10. The van der Waals surface area contributed by atoms with Gasteiger partial charge < -0.3 is 51.1 Å². The minimum Gasteiger partial charge on any atom is -0.394 e. The second kappa shape index (κ2) is 27.9. The Morgan fingerprint density at radius 1 is 0.524 bits per heavy atom. The molecule has 0 aromatic rings. The normalized spacial score (nSPS) is 10.7. The fraction of sp³-hybridized carbons (Fsp3) is 1.00. The van der Waals surface area contributed by atoms with Crippen LogP contribution in [0, 0.1) is 0 Å². The van der Waals surface area contributed by atoms with Gasteiger partial charge in [0.25, 0.3) is 0 Å². The number of hydrogen-bond acceptors (Lipinski definition) is 10. The van der Waals surface area contributed by atoms with Gasteiger partial charge in [-0.2, -0.15) is 0 Å². The first kappa shape index (κ1) is 28.7. The van der Waals surface area contributed by atoms with Gasteiger partial charge in [0.15, 0.2) is 0 Å². The third kappa shape index (κ3) is 54.0. The van der Waals surface area contributed by atoms with E-state index in [0.717, 1.165) is 0 Å². The number of rotatable bonds is 6. The van der Waals surface area contributed by atoms with Crippen LogP contribution in [0.25, 0.3) is 0 Å². The molecule has 10 nitrogen and oxygen atoms in total. The van der Waals surface area contributed by atoms with Crippen molar-refractivity contribution in [2.45, 2.75) is 25.2 Å². The third-order valence-corrected chi connectivity index (χ3v) is 1.21. The fourth-order valence-electron chi connectivity index (χ4n) is 0.115. The van der Waals surface area contributed by atoms with Crippen molar-refractivity contribution in [3.8, 4) is 0 Å². The maximum atomic E-state index is 8.17. The van der Waals surface area contributed by atoms with Gasteiger partial charge in [-0.25, -0.2) is 0 Å². The van der Waals surface area contributed by atoms with Crippen LogP contribution in [0.1, 0.15) is 6.92 Å². The van der Waals surface area contributed by atoms with Crippen LogP contribution in [-0.4, -0.2) is 116 Å². The first-order valence-corrected chi connectivity index (χ1v) is 6.11. The monoisotopic (exact) mass is 322 g/mol. The topological polar surface area (TPSA) is 202 Å². The summed E-state index contributed by atoms with van der Waals surface area (Å²) in [5.41, 5.74) is 0. The Morgan fingerprint density at radius 2 is 0.714 bits per heavy atom. The summed E-state index contributed by atoms with van der Waals surface area (Å²) >= 11 is 0. The van der Waals surface area contributed by atoms with Crippen LogP contribution in [0.15, 0.2) is 0 Å². The van der Waals surface area contributed by atoms with E-state index < -0.39 is 18.3 Å². The standard InChI is InChI=1S/2C3H8O3.C3H8O2.C2H6O2/c2*4-1-3(6)2-5;1-3(5)2-4;3-1-2-4/h2*3-6H,1-2H2;3-5H,2H2,1H3;3-4H,1-2H2. The highest BCUT2D eigenvalue weighted by Crippen LogP contribution is 1.72. The van der Waals surface area contributed by atoms with Crippen LogP contribution in [0.5, 0.6) is 0 Å². The van der Waals surface area contributed by atoms with Gasteiger partial charge in [0.2, 0.25) is 0 Å². The Kier molecular flexibility index (Phi) is 38.1. The summed E-state index contributed by atoms with van der Waals surface area (Å²) in [6.45, 7) is -0.319. The predicted molar refractivity (Wildman–Crippen MR) is 73.3 cm³/mol. The molecule has 1 atom stereocenters. The van der Waals surface area contributed by atoms with Gasteiger partial charge in [0, 0.05) is 0 Å². The second-order valence-corrected chi connectivity index (χ2v) is 3.52. The summed E-state index contributed by atoms with van der Waals surface area (Å²) in [6.07, 6.45) is -2.47.